The van der Waals surface area contributed by atoms with Crippen molar-refractivity contribution in [3.63, 3.8) is 0 Å². The van der Waals surface area contributed by atoms with Crippen LogP contribution in [0.1, 0.15) is 91.5 Å². The van der Waals surface area contributed by atoms with E-state index in [1.165, 1.54) is 134 Å². The van der Waals surface area contributed by atoms with E-state index in [9.17, 15) is 57.6 Å². The lowest BCUT2D eigenvalue weighted by Crippen LogP contribution is -2.54. The maximum atomic E-state index is 14.0. The molecule has 4 saturated heterocycles. The molecule has 8 aromatic carbocycles. The summed E-state index contributed by atoms with van der Waals surface area (Å²) in [6.45, 7) is 16.6. The van der Waals surface area contributed by atoms with Gasteiger partial charge in [0.15, 0.2) is 26.6 Å². The molecular weight excluding hydrogens is 1810 g/mol. The van der Waals surface area contributed by atoms with Crippen molar-refractivity contribution in [3.05, 3.63) is 274 Å². The van der Waals surface area contributed by atoms with E-state index in [1.807, 2.05) is 48.4 Å². The number of nitrogens with one attached hydrogen (secondary N) is 3. The van der Waals surface area contributed by atoms with E-state index in [-0.39, 0.29) is 79.4 Å². The largest absolute Gasteiger partial charge is 0.768 e. The first-order valence-corrected chi connectivity index (χ1v) is 51.1. The van der Waals surface area contributed by atoms with Gasteiger partial charge in [-0.05, 0) is 231 Å². The molecule has 0 saturated carbocycles. The molecule has 5 aromatic heterocycles. The smallest absolute Gasteiger partial charge is 0.268 e. The second kappa shape index (κ2) is 41.1. The van der Waals surface area contributed by atoms with Gasteiger partial charge >= 0.3 is 0 Å². The van der Waals surface area contributed by atoms with E-state index in [0.29, 0.717) is 94.5 Å². The van der Waals surface area contributed by atoms with Gasteiger partial charge in [0.05, 0.1) is 26.2 Å². The molecule has 11 heterocycles. The molecule has 38 heteroatoms. The summed E-state index contributed by atoms with van der Waals surface area (Å²) in [7, 11) is -11.1. The lowest BCUT2D eigenvalue weighted by molar-refractivity contribution is -0.134. The SMILES string of the molecule is CC1CN(c2ccc(S(=O)(=O)Nc3nccs3)cc2)CCN1C(=O)Cn1ccc2c(F)cccc21.Cc1cc(OC2CCN(c3ccc(S(=O)(=O)Nc4nccs4)cc3)C2=O)cc(C(C)C)c1.Cc1ccc2c(c1)CCCN2[C@H]1CCN(c2ccc(S(=O)[O-])cc2)C1=O.Nc1nccs1.O=C1[C@@H](N2CCc3ccccc3C2)CCN1c1ccc(S(=O)(=O)Nc2nccs2)cc1.[HH].[HH].[HH].[HH]. The molecule has 686 valence electrons. The average molecular weight is 1920 g/mol. The third-order valence-corrected chi connectivity index (χ3v) is 30.9. The van der Waals surface area contributed by atoms with Gasteiger partial charge in [-0.1, -0.05) is 67.9 Å². The number of ether oxygens (including phenoxy) is 1. The number of nitrogens with two attached hydrogens (primary N) is 1. The van der Waals surface area contributed by atoms with E-state index in [1.54, 1.807) is 127 Å². The molecule has 6 aliphatic rings. The molecule has 5 atom stereocenters. The average Bonchev–Trinajstić information content (AvgIpc) is 1.89. The summed E-state index contributed by atoms with van der Waals surface area (Å²) in [6, 6.07) is 53.1. The Hall–Kier alpha value is -11.9. The van der Waals surface area contributed by atoms with Crippen molar-refractivity contribution in [3.8, 4) is 5.75 Å². The van der Waals surface area contributed by atoms with Gasteiger partial charge in [-0.15, -0.1) is 45.3 Å². The number of rotatable bonds is 21. The molecule has 4 amide bonds. The quantitative estimate of drug-likeness (QED) is 0.0485. The van der Waals surface area contributed by atoms with Crippen molar-refractivity contribution in [2.45, 2.75) is 136 Å². The zero-order valence-electron chi connectivity index (χ0n) is 71.6. The number of aryl methyl sites for hydroxylation is 3. The van der Waals surface area contributed by atoms with E-state index in [0.717, 1.165) is 74.4 Å². The number of hydrogen-bond acceptors (Lipinski definition) is 25. The van der Waals surface area contributed by atoms with Crippen LogP contribution in [0.5, 0.6) is 5.75 Å². The van der Waals surface area contributed by atoms with Crippen LogP contribution >= 0.6 is 45.3 Å². The summed E-state index contributed by atoms with van der Waals surface area (Å²) in [4.78, 5) is 82.1. The molecule has 0 spiro atoms. The van der Waals surface area contributed by atoms with Gasteiger partial charge in [0.2, 0.25) is 17.7 Å². The number of carbonyl (C=O) groups excluding carboxylic acids is 4. The summed E-state index contributed by atoms with van der Waals surface area (Å²) in [6.07, 6.45) is 12.7. The Morgan fingerprint density at radius 1 is 0.569 bits per heavy atom. The number of fused-ring (bicyclic) bond motifs is 3. The van der Waals surface area contributed by atoms with Gasteiger partial charge in [0.25, 0.3) is 36.0 Å². The van der Waals surface area contributed by atoms with Crippen molar-refractivity contribution in [2.75, 3.05) is 96.8 Å². The van der Waals surface area contributed by atoms with Gasteiger partial charge in [0.1, 0.15) is 24.2 Å². The highest BCUT2D eigenvalue weighted by Gasteiger charge is 2.41. The molecule has 3 unspecified atom stereocenters. The van der Waals surface area contributed by atoms with Gasteiger partial charge in [-0.2, -0.15) is 0 Å². The fourth-order valence-electron chi connectivity index (χ4n) is 16.6. The van der Waals surface area contributed by atoms with Gasteiger partial charge < -0.3 is 49.0 Å². The van der Waals surface area contributed by atoms with Crippen LogP contribution in [0.2, 0.25) is 0 Å². The summed E-state index contributed by atoms with van der Waals surface area (Å²) in [5.41, 5.74) is 17.6. The van der Waals surface area contributed by atoms with Crippen molar-refractivity contribution >= 4 is 170 Å². The Morgan fingerprint density at radius 2 is 1.11 bits per heavy atom. The highest BCUT2D eigenvalue weighted by atomic mass is 32.2. The summed E-state index contributed by atoms with van der Waals surface area (Å²) in [5.74, 6) is 0.790. The molecule has 19 rings (SSSR count). The van der Waals surface area contributed by atoms with Crippen LogP contribution in [0.25, 0.3) is 10.9 Å². The number of thiazole rings is 4. The van der Waals surface area contributed by atoms with Crippen LogP contribution in [-0.2, 0) is 86.3 Å². The highest BCUT2D eigenvalue weighted by Crippen LogP contribution is 2.37. The molecule has 130 heavy (non-hydrogen) atoms. The minimum absolute atomic E-state index is 0. The second-order valence-corrected chi connectivity index (χ2v) is 41.6. The second-order valence-electron chi connectivity index (χ2n) is 32.0. The van der Waals surface area contributed by atoms with Gasteiger partial charge in [-0.3, -0.25) is 42.5 Å². The Labute approximate surface area is 778 Å². The molecule has 0 aliphatic carbocycles. The standard InChI is InChI=1S/C24H24FN5O3S2.C23H25N3O4S2.C22H22N4O3S2.C20H22N2O3S.C3H4N2S.4H2/c1-17-15-28(18-5-7-19(8-6-18)35(32,33)27-24-26-10-14-34-24)12-13-30(17)23(31)16-29-11-9-20-21(25)3-2-4-22(20)29;1-15(2)17-12-16(3)13-19(14-17)30-21-8-10-26(22(21)27)18-4-6-20(7-5-18)32(28,29)25-23-24-9-11-31-23;27-21-20(25-12-9-16-3-1-2-4-17(16)15-25)10-13-26(21)18-5-7-19(8-6-18)31(28,29)24-22-23-11-14-30-22;1-14-4-9-18-15(13-14)3-2-11-22(18)19-10-12-21(20(19)23)16-5-7-17(8-6-16)26(24)25;4-3-5-1-2-6-3;;;;/h2-11,14,17H,12-13,15-16H2,1H3,(H,26,27);4-7,9,11-15,21H,8,10H2,1-3H3,(H,24,25);1-8,11,14,20H,9-10,12-13,15H2,(H,23,24);4-9,13,19H,2-3,10-12H2,1H3,(H,24,25);1-2H,(H2,4,5);4*1H/p-1/t;;20-;19-;;;;;/m..00...../s1. The number of benzene rings is 8. The topological polar surface area (TPSA) is 361 Å². The number of hydrogen-bond donors (Lipinski definition) is 4. The number of carbonyl (C=O) groups is 4. The van der Waals surface area contributed by atoms with E-state index < -0.39 is 47.3 Å². The monoisotopic (exact) mass is 1920 g/mol. The van der Waals surface area contributed by atoms with Crippen molar-refractivity contribution in [2.24, 2.45) is 0 Å². The van der Waals surface area contributed by atoms with Crippen LogP contribution in [0.3, 0.4) is 0 Å². The minimum atomic E-state index is -3.73. The number of anilines is 9. The van der Waals surface area contributed by atoms with E-state index in [4.69, 9.17) is 10.5 Å². The normalized spacial score (nSPS) is 17.8. The number of halogens is 1. The van der Waals surface area contributed by atoms with Gasteiger partial charge in [-0.25, -0.2) is 49.6 Å². The molecule has 13 aromatic rings. The summed E-state index contributed by atoms with van der Waals surface area (Å²) >= 11 is 2.84. The minimum Gasteiger partial charge on any atom is -0.768 e. The fourth-order valence-corrected chi connectivity index (χ4v) is 22.7. The van der Waals surface area contributed by atoms with Crippen LogP contribution < -0.4 is 49.1 Å². The van der Waals surface area contributed by atoms with Crippen molar-refractivity contribution in [1.82, 2.24) is 34.3 Å². The summed E-state index contributed by atoms with van der Waals surface area (Å²) < 4.78 is 126. The molecular formula is C92H104FN16O13S8-. The number of amides is 4. The van der Waals surface area contributed by atoms with Crippen LogP contribution in [-0.4, -0.2) is 169 Å². The predicted octanol–water partition coefficient (Wildman–Crippen LogP) is 15.9. The van der Waals surface area contributed by atoms with Crippen molar-refractivity contribution in [1.29, 1.82) is 0 Å². The Morgan fingerprint density at radius 3 is 1.65 bits per heavy atom. The Balaban J connectivity index is 0.000000167. The van der Waals surface area contributed by atoms with E-state index in [2.05, 4.69) is 112 Å². The Bertz CT molecular complexity index is 6550. The third-order valence-electron chi connectivity index (χ3n) is 23.1. The van der Waals surface area contributed by atoms with Crippen LogP contribution in [0, 0.1) is 19.7 Å². The molecule has 0 radical (unpaired) electrons. The number of piperazine rings is 1. The first-order chi connectivity index (χ1) is 62.5. The number of nitrogen functional groups attached to an aromatic ring is 1. The summed E-state index contributed by atoms with van der Waals surface area (Å²) in [5, 5.41) is 9.03. The number of sulfonamides is 3. The Kier molecular flexibility index (Phi) is 29.3. The first-order valence-electron chi connectivity index (χ1n) is 42.1. The maximum Gasteiger partial charge on any atom is 0.268 e. The lowest BCUT2D eigenvalue weighted by atomic mass is 9.97. The van der Waals surface area contributed by atoms with Crippen LogP contribution in [0.15, 0.2) is 254 Å². The predicted molar refractivity (Wildman–Crippen MR) is 518 cm³/mol. The maximum absolute atomic E-state index is 14.0. The first kappa shape index (κ1) is 92.9. The zero-order valence-corrected chi connectivity index (χ0v) is 78.1. The highest BCUT2D eigenvalue weighted by molar-refractivity contribution is 7.93. The van der Waals surface area contributed by atoms with Gasteiger partial charge in [0, 0.05) is 168 Å². The molecule has 6 aliphatic heterocycles. The third kappa shape index (κ3) is 22.2. The lowest BCUT2D eigenvalue weighted by Gasteiger charge is -2.41. The molecule has 29 nitrogen and oxygen atoms in total. The molecule has 0 bridgehead atoms. The number of nitrogens with zero attached hydrogens (tertiary/aromatic N) is 12. The molecule has 5 N–H and O–H groups in total. The van der Waals surface area contributed by atoms with Crippen LogP contribution in [0.4, 0.5) is 53.4 Å². The zero-order chi connectivity index (χ0) is 91.5. The number of aromatic nitrogens is 5. The fraction of sp³-hybridized carbons (Fsp3) is 0.283. The molecule has 4 fully saturated rings. The van der Waals surface area contributed by atoms with E-state index >= 15 is 0 Å². The van der Waals surface area contributed by atoms with Crippen molar-refractivity contribution < 1.29 is 68.0 Å².